The molecule has 0 aliphatic rings. The van der Waals surface area contributed by atoms with Gasteiger partial charge in [0, 0.05) is 10.2 Å². The normalized spacial score (nSPS) is 11.3. The highest BCUT2D eigenvalue weighted by Crippen LogP contribution is 2.24. The summed E-state index contributed by atoms with van der Waals surface area (Å²) in [6.07, 6.45) is 1.67. The molecule has 3 rings (SSSR count). The molecule has 3 aromatic rings. The molecule has 0 fully saturated rings. The molecule has 112 valence electrons. The zero-order valence-corrected chi connectivity index (χ0v) is 14.3. The van der Waals surface area contributed by atoms with Crippen LogP contribution in [0.1, 0.15) is 0 Å². The quantitative estimate of drug-likeness (QED) is 0.729. The third kappa shape index (κ3) is 3.34. The number of rotatable bonds is 4. The van der Waals surface area contributed by atoms with Gasteiger partial charge < -0.3 is 0 Å². The van der Waals surface area contributed by atoms with E-state index in [1.54, 1.807) is 42.6 Å². The van der Waals surface area contributed by atoms with Crippen LogP contribution in [0.25, 0.3) is 10.4 Å². The highest BCUT2D eigenvalue weighted by Gasteiger charge is 2.14. The largest absolute Gasteiger partial charge is 0.280 e. The van der Waals surface area contributed by atoms with Crippen LogP contribution in [0, 0.1) is 0 Å². The lowest BCUT2D eigenvalue weighted by molar-refractivity contribution is 0.601. The van der Waals surface area contributed by atoms with Gasteiger partial charge in [0.25, 0.3) is 10.0 Å². The van der Waals surface area contributed by atoms with E-state index in [-0.39, 0.29) is 4.90 Å². The van der Waals surface area contributed by atoms with E-state index in [1.807, 2.05) is 12.1 Å². The van der Waals surface area contributed by atoms with Gasteiger partial charge in [-0.2, -0.15) is 0 Å². The number of sulfonamides is 1. The summed E-state index contributed by atoms with van der Waals surface area (Å²) < 4.78 is 31.8. The molecule has 5 nitrogen and oxygen atoms in total. The second-order valence-electron chi connectivity index (χ2n) is 4.42. The highest BCUT2D eigenvalue weighted by atomic mass is 79.9. The van der Waals surface area contributed by atoms with Crippen molar-refractivity contribution in [2.24, 2.45) is 0 Å². The average molecular weight is 396 g/mol. The predicted molar refractivity (Wildman–Crippen MR) is 90.3 cm³/mol. The molecule has 0 aliphatic carbocycles. The Morgan fingerprint density at radius 3 is 2.27 bits per heavy atom. The second kappa shape index (κ2) is 6.15. The zero-order chi connectivity index (χ0) is 15.6. The minimum absolute atomic E-state index is 0.214. The first-order chi connectivity index (χ1) is 10.5. The summed E-state index contributed by atoms with van der Waals surface area (Å²) in [5.41, 5.74) is 1.45. The van der Waals surface area contributed by atoms with Crippen LogP contribution in [-0.4, -0.2) is 18.0 Å². The van der Waals surface area contributed by atoms with Gasteiger partial charge in [0.1, 0.15) is 0 Å². The van der Waals surface area contributed by atoms with Crippen molar-refractivity contribution in [1.29, 1.82) is 0 Å². The fraction of sp³-hybridized carbons (Fsp3) is 0. The van der Waals surface area contributed by atoms with Crippen molar-refractivity contribution in [2.45, 2.75) is 4.90 Å². The molecular formula is C14H10BrN3O2S2. The monoisotopic (exact) mass is 395 g/mol. The molecule has 2 aromatic carbocycles. The van der Waals surface area contributed by atoms with Crippen LogP contribution in [-0.2, 0) is 10.0 Å². The summed E-state index contributed by atoms with van der Waals surface area (Å²) in [5.74, 6) is 0. The highest BCUT2D eigenvalue weighted by molar-refractivity contribution is 9.10. The number of hydrogen-bond acceptors (Lipinski definition) is 5. The summed E-state index contributed by atoms with van der Waals surface area (Å²) in [7, 11) is -3.59. The van der Waals surface area contributed by atoms with Crippen LogP contribution in [0.3, 0.4) is 0 Å². The van der Waals surface area contributed by atoms with Crippen LogP contribution in [0.4, 0.5) is 5.69 Å². The van der Waals surface area contributed by atoms with E-state index in [2.05, 4.69) is 30.2 Å². The number of nitrogens with one attached hydrogen (secondary N) is 1. The zero-order valence-electron chi connectivity index (χ0n) is 11.1. The molecule has 0 spiro atoms. The fourth-order valence-corrected chi connectivity index (χ4v) is 3.67. The van der Waals surface area contributed by atoms with E-state index in [1.165, 1.54) is 11.5 Å². The van der Waals surface area contributed by atoms with Crippen molar-refractivity contribution in [1.82, 2.24) is 9.59 Å². The molecule has 1 N–H and O–H groups in total. The van der Waals surface area contributed by atoms with E-state index < -0.39 is 10.0 Å². The van der Waals surface area contributed by atoms with E-state index in [0.717, 1.165) is 14.9 Å². The third-order valence-corrected chi connectivity index (χ3v) is 5.55. The molecule has 0 saturated carbocycles. The van der Waals surface area contributed by atoms with E-state index in [0.29, 0.717) is 5.69 Å². The summed E-state index contributed by atoms with van der Waals surface area (Å²) >= 11 is 4.57. The van der Waals surface area contributed by atoms with Gasteiger partial charge in [-0.25, -0.2) is 8.42 Å². The number of benzene rings is 2. The third-order valence-electron chi connectivity index (χ3n) is 2.91. The number of nitrogens with zero attached hydrogens (tertiary/aromatic N) is 2. The molecule has 0 amide bonds. The Hall–Kier alpha value is -1.77. The van der Waals surface area contributed by atoms with Crippen molar-refractivity contribution in [3.63, 3.8) is 0 Å². The van der Waals surface area contributed by atoms with Crippen molar-refractivity contribution < 1.29 is 8.42 Å². The van der Waals surface area contributed by atoms with Gasteiger partial charge in [0.05, 0.1) is 16.0 Å². The smallest absolute Gasteiger partial charge is 0.261 e. The van der Waals surface area contributed by atoms with Crippen LogP contribution < -0.4 is 4.72 Å². The van der Waals surface area contributed by atoms with Gasteiger partial charge in [-0.15, -0.1) is 5.10 Å². The summed E-state index contributed by atoms with van der Waals surface area (Å²) in [5, 5.41) is 3.78. The van der Waals surface area contributed by atoms with Crippen molar-refractivity contribution in [2.75, 3.05) is 4.72 Å². The lowest BCUT2D eigenvalue weighted by atomic mass is 10.2. The van der Waals surface area contributed by atoms with Gasteiger partial charge in [-0.05, 0) is 53.5 Å². The first kappa shape index (κ1) is 15.1. The van der Waals surface area contributed by atoms with Gasteiger partial charge in [-0.1, -0.05) is 32.6 Å². The summed E-state index contributed by atoms with van der Waals surface area (Å²) in [6.45, 7) is 0. The van der Waals surface area contributed by atoms with Gasteiger partial charge in [0.15, 0.2) is 0 Å². The van der Waals surface area contributed by atoms with Crippen molar-refractivity contribution >= 4 is 43.2 Å². The maximum absolute atomic E-state index is 12.3. The SMILES string of the molecule is O=S(=O)(Nc1ccc(-c2cnns2)cc1)c1ccc(Br)cc1. The standard InChI is InChI=1S/C14H10BrN3O2S2/c15-11-3-7-13(8-4-11)22(19,20)17-12-5-1-10(2-6-12)14-9-16-18-21-14/h1-9,17H. The Morgan fingerprint density at radius 1 is 1.00 bits per heavy atom. The topological polar surface area (TPSA) is 72.0 Å². The maximum atomic E-state index is 12.3. The minimum atomic E-state index is -3.59. The first-order valence-corrected chi connectivity index (χ1v) is 9.26. The second-order valence-corrected chi connectivity index (χ2v) is 7.80. The van der Waals surface area contributed by atoms with Gasteiger partial charge in [0.2, 0.25) is 0 Å². The molecule has 22 heavy (non-hydrogen) atoms. The van der Waals surface area contributed by atoms with Crippen molar-refractivity contribution in [3.8, 4) is 10.4 Å². The van der Waals surface area contributed by atoms with E-state index in [9.17, 15) is 8.42 Å². The first-order valence-electron chi connectivity index (χ1n) is 6.21. The average Bonchev–Trinajstić information content (AvgIpc) is 3.02. The lowest BCUT2D eigenvalue weighted by Crippen LogP contribution is -2.12. The van der Waals surface area contributed by atoms with Crippen LogP contribution in [0.2, 0.25) is 0 Å². The maximum Gasteiger partial charge on any atom is 0.261 e. The molecular weight excluding hydrogens is 386 g/mol. The fourth-order valence-electron chi connectivity index (χ4n) is 1.82. The number of halogens is 1. The van der Waals surface area contributed by atoms with Crippen molar-refractivity contribution in [3.05, 3.63) is 59.2 Å². The van der Waals surface area contributed by atoms with Crippen LogP contribution in [0.15, 0.2) is 64.1 Å². The molecule has 1 heterocycles. The molecule has 8 heteroatoms. The number of aromatic nitrogens is 2. The molecule has 0 unspecified atom stereocenters. The molecule has 0 bridgehead atoms. The Bertz CT molecular complexity index is 861. The Morgan fingerprint density at radius 2 is 1.68 bits per heavy atom. The van der Waals surface area contributed by atoms with Gasteiger partial charge in [-0.3, -0.25) is 4.72 Å². The van der Waals surface area contributed by atoms with Crippen LogP contribution >= 0.6 is 27.5 Å². The summed E-state index contributed by atoms with van der Waals surface area (Å²) in [6, 6.07) is 13.6. The van der Waals surface area contributed by atoms with Gasteiger partial charge >= 0.3 is 0 Å². The Labute approximate surface area is 140 Å². The molecule has 1 aromatic heterocycles. The molecule has 0 atom stereocenters. The van der Waals surface area contributed by atoms with E-state index >= 15 is 0 Å². The van der Waals surface area contributed by atoms with Crippen LogP contribution in [0.5, 0.6) is 0 Å². The Kier molecular flexibility index (Phi) is 4.23. The summed E-state index contributed by atoms with van der Waals surface area (Å²) in [4.78, 5) is 1.15. The number of hydrogen-bond donors (Lipinski definition) is 1. The minimum Gasteiger partial charge on any atom is -0.280 e. The Balaban J connectivity index is 1.82. The lowest BCUT2D eigenvalue weighted by Gasteiger charge is -2.08. The number of anilines is 1. The molecule has 0 saturated heterocycles. The molecule has 0 radical (unpaired) electrons. The van der Waals surface area contributed by atoms with E-state index in [4.69, 9.17) is 0 Å². The predicted octanol–water partition coefficient (Wildman–Crippen LogP) is 3.77. The molecule has 0 aliphatic heterocycles.